The first kappa shape index (κ1) is 13.2. The van der Waals surface area contributed by atoms with E-state index in [-0.39, 0.29) is 0 Å². The lowest BCUT2D eigenvalue weighted by Crippen LogP contribution is -2.30. The summed E-state index contributed by atoms with van der Waals surface area (Å²) >= 11 is 0. The largest absolute Gasteiger partial charge is 0.477 e. The molecular weight excluding hydrogens is 246 g/mol. The van der Waals surface area contributed by atoms with Crippen molar-refractivity contribution < 1.29 is 4.74 Å². The molecule has 20 heavy (non-hydrogen) atoms. The molecule has 104 valence electrons. The molecule has 0 aromatic heterocycles. The van der Waals surface area contributed by atoms with E-state index in [4.69, 9.17) is 9.73 Å². The second-order valence-electron chi connectivity index (χ2n) is 5.64. The van der Waals surface area contributed by atoms with Gasteiger partial charge >= 0.3 is 0 Å². The normalized spacial score (nSPS) is 22.4. The van der Waals surface area contributed by atoms with E-state index >= 15 is 0 Å². The Hall–Kier alpha value is -1.83. The van der Waals surface area contributed by atoms with Crippen LogP contribution in [0.5, 0.6) is 0 Å². The fourth-order valence-corrected chi connectivity index (χ4v) is 2.76. The second kappa shape index (κ2) is 5.66. The smallest absolute Gasteiger partial charge is 0.216 e. The summed E-state index contributed by atoms with van der Waals surface area (Å²) in [7, 11) is 0. The van der Waals surface area contributed by atoms with Crippen LogP contribution in [-0.2, 0) is 4.74 Å². The minimum Gasteiger partial charge on any atom is -0.477 e. The van der Waals surface area contributed by atoms with E-state index in [0.29, 0.717) is 12.0 Å². The molecule has 0 fully saturated rings. The Bertz CT molecular complexity index is 632. The Morgan fingerprint density at radius 1 is 1.15 bits per heavy atom. The second-order valence-corrected chi connectivity index (χ2v) is 5.64. The molecule has 1 aliphatic heterocycles. The van der Waals surface area contributed by atoms with E-state index in [1.807, 2.05) is 0 Å². The topological polar surface area (TPSA) is 21.6 Å². The van der Waals surface area contributed by atoms with Gasteiger partial charge in [0, 0.05) is 11.5 Å². The van der Waals surface area contributed by atoms with E-state index in [2.05, 4.69) is 56.3 Å². The molecule has 0 saturated carbocycles. The van der Waals surface area contributed by atoms with Gasteiger partial charge in [0.05, 0.1) is 12.6 Å². The van der Waals surface area contributed by atoms with Crippen LogP contribution in [0.3, 0.4) is 0 Å². The Kier molecular flexibility index (Phi) is 3.72. The third-order valence-electron chi connectivity index (χ3n) is 4.00. The fraction of sp³-hybridized carbons (Fsp3) is 0.389. The molecule has 1 heterocycles. The first-order valence-electron chi connectivity index (χ1n) is 7.47. The highest BCUT2D eigenvalue weighted by Gasteiger charge is 2.23. The summed E-state index contributed by atoms with van der Waals surface area (Å²) in [6.45, 7) is 5.21. The van der Waals surface area contributed by atoms with Crippen molar-refractivity contribution in [3.63, 3.8) is 0 Å². The lowest BCUT2D eigenvalue weighted by molar-refractivity contribution is 0.196. The summed E-state index contributed by atoms with van der Waals surface area (Å²) in [4.78, 5) is 4.82. The number of benzene rings is 2. The molecule has 0 N–H and O–H groups in total. The molecule has 2 unspecified atom stereocenters. The van der Waals surface area contributed by atoms with Crippen molar-refractivity contribution in [1.82, 2.24) is 0 Å². The standard InChI is InChI=1S/C18H21NO/c1-3-6-17-13(2)12-20-18(19-17)16-10-9-14-7-4-5-8-15(14)11-16/h4-5,7-11,13,17H,3,6,12H2,1-2H3. The quantitative estimate of drug-likeness (QED) is 0.806. The van der Waals surface area contributed by atoms with Crippen molar-refractivity contribution >= 4 is 16.7 Å². The molecule has 2 atom stereocenters. The van der Waals surface area contributed by atoms with Crippen molar-refractivity contribution in [2.45, 2.75) is 32.7 Å². The van der Waals surface area contributed by atoms with Gasteiger partial charge < -0.3 is 4.74 Å². The molecule has 2 aromatic carbocycles. The molecule has 0 radical (unpaired) electrons. The molecule has 3 rings (SSSR count). The van der Waals surface area contributed by atoms with Crippen molar-refractivity contribution in [2.75, 3.05) is 6.61 Å². The van der Waals surface area contributed by atoms with Gasteiger partial charge in [-0.15, -0.1) is 0 Å². The van der Waals surface area contributed by atoms with E-state index in [9.17, 15) is 0 Å². The summed E-state index contributed by atoms with van der Waals surface area (Å²) < 4.78 is 5.85. The van der Waals surface area contributed by atoms with Crippen molar-refractivity contribution in [2.24, 2.45) is 10.9 Å². The maximum absolute atomic E-state index is 5.85. The first-order chi connectivity index (χ1) is 9.78. The fourth-order valence-electron chi connectivity index (χ4n) is 2.76. The zero-order valence-electron chi connectivity index (χ0n) is 12.2. The lowest BCUT2D eigenvalue weighted by atomic mass is 9.97. The van der Waals surface area contributed by atoms with Crippen LogP contribution in [0.4, 0.5) is 0 Å². The van der Waals surface area contributed by atoms with Gasteiger partial charge in [-0.25, -0.2) is 4.99 Å². The zero-order valence-corrected chi connectivity index (χ0v) is 12.2. The van der Waals surface area contributed by atoms with E-state index in [1.54, 1.807) is 0 Å². The van der Waals surface area contributed by atoms with E-state index < -0.39 is 0 Å². The minimum atomic E-state index is 0.398. The number of ether oxygens (including phenoxy) is 1. The number of hydrogen-bond acceptors (Lipinski definition) is 2. The monoisotopic (exact) mass is 267 g/mol. The minimum absolute atomic E-state index is 0.398. The molecule has 0 amide bonds. The lowest BCUT2D eigenvalue weighted by Gasteiger charge is -2.27. The van der Waals surface area contributed by atoms with E-state index in [1.165, 1.54) is 17.2 Å². The molecular formula is C18H21NO. The number of aliphatic imine (C=N–C) groups is 1. The van der Waals surface area contributed by atoms with Crippen molar-refractivity contribution in [3.8, 4) is 0 Å². The van der Waals surface area contributed by atoms with Crippen LogP contribution in [0.25, 0.3) is 10.8 Å². The third-order valence-corrected chi connectivity index (χ3v) is 4.00. The highest BCUT2D eigenvalue weighted by Crippen LogP contribution is 2.23. The molecule has 1 aliphatic rings. The van der Waals surface area contributed by atoms with Crippen molar-refractivity contribution in [1.29, 1.82) is 0 Å². The molecule has 0 aliphatic carbocycles. The predicted octanol–water partition coefficient (Wildman–Crippen LogP) is 4.42. The van der Waals surface area contributed by atoms with Gasteiger partial charge in [-0.3, -0.25) is 0 Å². The Balaban J connectivity index is 1.95. The molecule has 2 aromatic rings. The van der Waals surface area contributed by atoms with Gasteiger partial charge in [-0.2, -0.15) is 0 Å². The Morgan fingerprint density at radius 2 is 1.95 bits per heavy atom. The van der Waals surface area contributed by atoms with Gasteiger partial charge in [0.2, 0.25) is 5.90 Å². The van der Waals surface area contributed by atoms with Gasteiger partial charge in [-0.05, 0) is 29.3 Å². The van der Waals surface area contributed by atoms with Crippen LogP contribution < -0.4 is 0 Å². The maximum Gasteiger partial charge on any atom is 0.216 e. The van der Waals surface area contributed by atoms with Crippen LogP contribution in [0.1, 0.15) is 32.3 Å². The van der Waals surface area contributed by atoms with Crippen LogP contribution in [0.15, 0.2) is 47.5 Å². The number of fused-ring (bicyclic) bond motifs is 1. The Morgan fingerprint density at radius 3 is 2.75 bits per heavy atom. The SMILES string of the molecule is CCCC1N=C(c2ccc3ccccc3c2)OCC1C. The summed E-state index contributed by atoms with van der Waals surface area (Å²) in [6, 6.07) is 15.2. The summed E-state index contributed by atoms with van der Waals surface area (Å²) in [5, 5.41) is 2.49. The average Bonchev–Trinajstić information content (AvgIpc) is 2.49. The molecule has 2 heteroatoms. The third kappa shape index (κ3) is 2.55. The highest BCUT2D eigenvalue weighted by molar-refractivity contribution is 5.98. The first-order valence-corrected chi connectivity index (χ1v) is 7.47. The molecule has 0 saturated heterocycles. The molecule has 0 spiro atoms. The van der Waals surface area contributed by atoms with Gasteiger partial charge in [0.1, 0.15) is 0 Å². The maximum atomic E-state index is 5.85. The highest BCUT2D eigenvalue weighted by atomic mass is 16.5. The van der Waals surface area contributed by atoms with Gasteiger partial charge in [-0.1, -0.05) is 50.6 Å². The number of hydrogen-bond donors (Lipinski definition) is 0. The van der Waals surface area contributed by atoms with Crippen LogP contribution in [-0.4, -0.2) is 18.5 Å². The van der Waals surface area contributed by atoms with Crippen LogP contribution in [0.2, 0.25) is 0 Å². The van der Waals surface area contributed by atoms with Gasteiger partial charge in [0.25, 0.3) is 0 Å². The zero-order chi connectivity index (χ0) is 13.9. The van der Waals surface area contributed by atoms with Crippen LogP contribution >= 0.6 is 0 Å². The predicted molar refractivity (Wildman–Crippen MR) is 84.3 cm³/mol. The molecule has 2 nitrogen and oxygen atoms in total. The molecule has 0 bridgehead atoms. The average molecular weight is 267 g/mol. The van der Waals surface area contributed by atoms with Gasteiger partial charge in [0.15, 0.2) is 0 Å². The number of nitrogens with zero attached hydrogens (tertiary/aromatic N) is 1. The van der Waals surface area contributed by atoms with Crippen LogP contribution in [0, 0.1) is 5.92 Å². The summed E-state index contributed by atoms with van der Waals surface area (Å²) in [6.07, 6.45) is 2.31. The van der Waals surface area contributed by atoms with Crippen molar-refractivity contribution in [3.05, 3.63) is 48.0 Å². The van der Waals surface area contributed by atoms with E-state index in [0.717, 1.165) is 24.5 Å². The number of rotatable bonds is 3. The summed E-state index contributed by atoms with van der Waals surface area (Å²) in [5.74, 6) is 1.33. The Labute approximate surface area is 120 Å². The summed E-state index contributed by atoms with van der Waals surface area (Å²) in [5.41, 5.74) is 1.09.